The van der Waals surface area contributed by atoms with Gasteiger partial charge in [-0.1, -0.05) is 6.07 Å². The number of nitrogens with one attached hydrogen (secondary N) is 1. The average Bonchev–Trinajstić information content (AvgIpc) is 2.46. The maximum absolute atomic E-state index is 13.9. The third-order valence-corrected chi connectivity index (χ3v) is 4.45. The lowest BCUT2D eigenvalue weighted by Gasteiger charge is -2.16. The molecule has 2 rings (SSSR count). The Bertz CT molecular complexity index is 835. The van der Waals surface area contributed by atoms with Crippen LogP contribution in [0.15, 0.2) is 47.4 Å². The Hall–Kier alpha value is -2.48. The SMILES string of the molecule is CC(Nc1ccc([N+](=O)[O-])cc1)c1ccc(S(C)(=O)=O)c(F)c1. The zero-order valence-electron chi connectivity index (χ0n) is 12.5. The summed E-state index contributed by atoms with van der Waals surface area (Å²) in [6.07, 6.45) is 0.948. The van der Waals surface area contributed by atoms with Gasteiger partial charge in [0.15, 0.2) is 9.84 Å². The van der Waals surface area contributed by atoms with E-state index in [0.717, 1.165) is 6.26 Å². The molecule has 2 aromatic rings. The van der Waals surface area contributed by atoms with Crippen molar-refractivity contribution >= 4 is 21.2 Å². The second-order valence-electron chi connectivity index (χ2n) is 5.13. The monoisotopic (exact) mass is 338 g/mol. The van der Waals surface area contributed by atoms with E-state index in [2.05, 4.69) is 5.32 Å². The van der Waals surface area contributed by atoms with E-state index in [-0.39, 0.29) is 16.6 Å². The minimum atomic E-state index is -3.61. The number of non-ortho nitro benzene ring substituents is 1. The molecule has 1 N–H and O–H groups in total. The fourth-order valence-electron chi connectivity index (χ4n) is 2.10. The molecule has 2 aromatic carbocycles. The Morgan fingerprint density at radius 3 is 2.26 bits per heavy atom. The molecule has 122 valence electrons. The quantitative estimate of drug-likeness (QED) is 0.667. The molecule has 0 amide bonds. The average molecular weight is 338 g/mol. The lowest BCUT2D eigenvalue weighted by atomic mass is 10.1. The molecule has 0 aliphatic heterocycles. The summed E-state index contributed by atoms with van der Waals surface area (Å²) >= 11 is 0. The van der Waals surface area contributed by atoms with Crippen molar-refractivity contribution in [3.8, 4) is 0 Å². The molecule has 0 aromatic heterocycles. The van der Waals surface area contributed by atoms with Crippen LogP contribution in [0.3, 0.4) is 0 Å². The molecule has 23 heavy (non-hydrogen) atoms. The summed E-state index contributed by atoms with van der Waals surface area (Å²) in [5, 5.41) is 13.7. The van der Waals surface area contributed by atoms with Crippen molar-refractivity contribution in [2.45, 2.75) is 17.9 Å². The van der Waals surface area contributed by atoms with Gasteiger partial charge >= 0.3 is 0 Å². The van der Waals surface area contributed by atoms with Crippen LogP contribution >= 0.6 is 0 Å². The zero-order valence-corrected chi connectivity index (χ0v) is 13.3. The number of benzene rings is 2. The second kappa shape index (κ2) is 6.33. The van der Waals surface area contributed by atoms with Crippen LogP contribution < -0.4 is 5.32 Å². The molecule has 0 heterocycles. The molecular formula is C15H15FN2O4S. The van der Waals surface area contributed by atoms with Crippen molar-refractivity contribution in [3.63, 3.8) is 0 Å². The molecule has 6 nitrogen and oxygen atoms in total. The van der Waals surface area contributed by atoms with Crippen molar-refractivity contribution in [2.24, 2.45) is 0 Å². The summed E-state index contributed by atoms with van der Waals surface area (Å²) in [5.41, 5.74) is 1.18. The van der Waals surface area contributed by atoms with Crippen LogP contribution in [0.5, 0.6) is 0 Å². The van der Waals surface area contributed by atoms with Gasteiger partial charge in [-0.2, -0.15) is 0 Å². The predicted molar refractivity (Wildman–Crippen MR) is 84.6 cm³/mol. The van der Waals surface area contributed by atoms with E-state index in [4.69, 9.17) is 0 Å². The Morgan fingerprint density at radius 1 is 1.17 bits per heavy atom. The van der Waals surface area contributed by atoms with Crippen molar-refractivity contribution < 1.29 is 17.7 Å². The first-order valence-corrected chi connectivity index (χ1v) is 8.58. The highest BCUT2D eigenvalue weighted by Gasteiger charge is 2.16. The Balaban J connectivity index is 2.19. The topological polar surface area (TPSA) is 89.3 Å². The van der Waals surface area contributed by atoms with Gasteiger partial charge in [-0.05, 0) is 36.8 Å². The van der Waals surface area contributed by atoms with Gasteiger partial charge in [-0.15, -0.1) is 0 Å². The van der Waals surface area contributed by atoms with E-state index < -0.39 is 20.6 Å². The summed E-state index contributed by atoms with van der Waals surface area (Å²) in [6, 6.07) is 9.45. The van der Waals surface area contributed by atoms with Crippen LogP contribution in [0.4, 0.5) is 15.8 Å². The van der Waals surface area contributed by atoms with Crippen LogP contribution in [0.1, 0.15) is 18.5 Å². The van der Waals surface area contributed by atoms with Crippen LogP contribution in [0.25, 0.3) is 0 Å². The van der Waals surface area contributed by atoms with Gasteiger partial charge in [0.1, 0.15) is 10.7 Å². The highest BCUT2D eigenvalue weighted by atomic mass is 32.2. The minimum Gasteiger partial charge on any atom is -0.379 e. The van der Waals surface area contributed by atoms with Crippen LogP contribution in [-0.2, 0) is 9.84 Å². The van der Waals surface area contributed by atoms with Crippen molar-refractivity contribution in [2.75, 3.05) is 11.6 Å². The molecule has 8 heteroatoms. The molecular weight excluding hydrogens is 323 g/mol. The Kier molecular flexibility index (Phi) is 4.65. The second-order valence-corrected chi connectivity index (χ2v) is 7.12. The molecule has 0 bridgehead atoms. The zero-order chi connectivity index (χ0) is 17.2. The first-order valence-electron chi connectivity index (χ1n) is 6.69. The molecule has 1 unspecified atom stereocenters. The van der Waals surface area contributed by atoms with Crippen molar-refractivity contribution in [1.82, 2.24) is 0 Å². The number of nitrogens with zero attached hydrogens (tertiary/aromatic N) is 1. The number of hydrogen-bond donors (Lipinski definition) is 1. The first-order chi connectivity index (χ1) is 10.7. The van der Waals surface area contributed by atoms with E-state index in [9.17, 15) is 22.9 Å². The van der Waals surface area contributed by atoms with Gasteiger partial charge in [0, 0.05) is 30.1 Å². The van der Waals surface area contributed by atoms with Gasteiger partial charge in [0.25, 0.3) is 5.69 Å². The summed E-state index contributed by atoms with van der Waals surface area (Å²) in [6.45, 7) is 1.77. The highest BCUT2D eigenvalue weighted by molar-refractivity contribution is 7.90. The van der Waals surface area contributed by atoms with Crippen LogP contribution in [-0.4, -0.2) is 19.6 Å². The number of nitro benzene ring substituents is 1. The number of halogens is 1. The van der Waals surface area contributed by atoms with E-state index >= 15 is 0 Å². The van der Waals surface area contributed by atoms with E-state index in [1.54, 1.807) is 19.1 Å². The molecule has 1 atom stereocenters. The van der Waals surface area contributed by atoms with Crippen molar-refractivity contribution in [1.29, 1.82) is 0 Å². The summed E-state index contributed by atoms with van der Waals surface area (Å²) in [5.74, 6) is -0.803. The van der Waals surface area contributed by atoms with Gasteiger partial charge in [-0.25, -0.2) is 12.8 Å². The van der Waals surface area contributed by atoms with E-state index in [0.29, 0.717) is 11.3 Å². The fraction of sp³-hybridized carbons (Fsp3) is 0.200. The Labute approximate surface area is 133 Å². The minimum absolute atomic E-state index is 0.0215. The maximum atomic E-state index is 13.9. The smallest absolute Gasteiger partial charge is 0.269 e. The molecule has 0 radical (unpaired) electrons. The molecule has 0 fully saturated rings. The fourth-order valence-corrected chi connectivity index (χ4v) is 2.83. The van der Waals surface area contributed by atoms with E-state index in [1.807, 2.05) is 0 Å². The predicted octanol–water partition coefficient (Wildman–Crippen LogP) is 3.31. The number of sulfone groups is 1. The lowest BCUT2D eigenvalue weighted by Crippen LogP contribution is -2.08. The third kappa shape index (κ3) is 4.04. The maximum Gasteiger partial charge on any atom is 0.269 e. The largest absolute Gasteiger partial charge is 0.379 e. The van der Waals surface area contributed by atoms with Gasteiger partial charge < -0.3 is 5.32 Å². The van der Waals surface area contributed by atoms with Gasteiger partial charge in [-0.3, -0.25) is 10.1 Å². The molecule has 0 saturated heterocycles. The van der Waals surface area contributed by atoms with E-state index in [1.165, 1.54) is 30.3 Å². The Morgan fingerprint density at radius 2 is 1.78 bits per heavy atom. The third-order valence-electron chi connectivity index (χ3n) is 3.32. The number of rotatable bonds is 5. The number of nitro groups is 1. The molecule has 0 aliphatic rings. The van der Waals surface area contributed by atoms with Gasteiger partial charge in [0.05, 0.1) is 4.92 Å². The summed E-state index contributed by atoms with van der Waals surface area (Å²) < 4.78 is 36.7. The highest BCUT2D eigenvalue weighted by Crippen LogP contribution is 2.24. The molecule has 0 aliphatic carbocycles. The number of anilines is 1. The lowest BCUT2D eigenvalue weighted by molar-refractivity contribution is -0.384. The molecule has 0 saturated carbocycles. The van der Waals surface area contributed by atoms with Crippen LogP contribution in [0.2, 0.25) is 0 Å². The van der Waals surface area contributed by atoms with Crippen LogP contribution in [0, 0.1) is 15.9 Å². The summed E-state index contributed by atoms with van der Waals surface area (Å²) in [7, 11) is -3.61. The first kappa shape index (κ1) is 16.9. The number of hydrogen-bond acceptors (Lipinski definition) is 5. The normalized spacial score (nSPS) is 12.7. The van der Waals surface area contributed by atoms with Crippen molar-refractivity contribution in [3.05, 3.63) is 64.0 Å². The van der Waals surface area contributed by atoms with Gasteiger partial charge in [0.2, 0.25) is 0 Å². The molecule has 0 spiro atoms. The summed E-state index contributed by atoms with van der Waals surface area (Å²) in [4.78, 5) is 9.76. The standard InChI is InChI=1S/C15H15FN2O4S/c1-10(17-12-4-6-13(7-5-12)18(19)20)11-3-8-15(14(16)9-11)23(2,21)22/h3-10,17H,1-2H3.